The van der Waals surface area contributed by atoms with Crippen molar-refractivity contribution >= 4 is 38.8 Å². The Morgan fingerprint density at radius 3 is 2.65 bits per heavy atom. The molecule has 8 heteroatoms. The molecular formula is C26H22N6OS. The normalized spacial score (nSPS) is 13.2. The predicted molar refractivity (Wildman–Crippen MR) is 136 cm³/mol. The first-order valence-corrected chi connectivity index (χ1v) is 12.1. The fourth-order valence-corrected chi connectivity index (χ4v) is 4.56. The molecule has 6 rings (SSSR count). The third-order valence-corrected chi connectivity index (χ3v) is 6.54. The van der Waals surface area contributed by atoms with Crippen molar-refractivity contribution in [3.8, 4) is 17.1 Å². The molecule has 1 saturated carbocycles. The van der Waals surface area contributed by atoms with Crippen LogP contribution in [0.5, 0.6) is 0 Å². The third-order valence-electron chi connectivity index (χ3n) is 5.75. The number of thiazole rings is 1. The number of rotatable bonds is 6. The van der Waals surface area contributed by atoms with E-state index in [0.717, 1.165) is 38.5 Å². The van der Waals surface area contributed by atoms with Gasteiger partial charge in [0, 0.05) is 28.7 Å². The van der Waals surface area contributed by atoms with E-state index in [-0.39, 0.29) is 5.91 Å². The predicted octanol–water partition coefficient (Wildman–Crippen LogP) is 5.68. The molecular weight excluding hydrogens is 444 g/mol. The first-order valence-electron chi connectivity index (χ1n) is 11.2. The molecule has 3 heterocycles. The Balaban J connectivity index is 1.34. The largest absolute Gasteiger partial charge is 0.382 e. The quantitative estimate of drug-likeness (QED) is 0.336. The summed E-state index contributed by atoms with van der Waals surface area (Å²) >= 11 is 1.58. The number of aryl methyl sites for hydroxylation is 1. The van der Waals surface area contributed by atoms with Gasteiger partial charge in [-0.3, -0.25) is 4.79 Å². The minimum atomic E-state index is -0.269. The van der Waals surface area contributed by atoms with Crippen LogP contribution in [-0.4, -0.2) is 31.7 Å². The first-order chi connectivity index (χ1) is 16.6. The second-order valence-corrected chi connectivity index (χ2v) is 9.34. The van der Waals surface area contributed by atoms with Crippen LogP contribution in [0, 0.1) is 6.92 Å². The van der Waals surface area contributed by atoms with Crippen LogP contribution in [0.1, 0.15) is 29.0 Å². The summed E-state index contributed by atoms with van der Waals surface area (Å²) in [6.07, 6.45) is 2.43. The summed E-state index contributed by atoms with van der Waals surface area (Å²) in [6.45, 7) is 1.94. The SMILES string of the molecule is Cc1cccc(-n2nc(C(=O)Nc3ccc(NC4CC4)cc3)cc2-c2ccc3ncsc3c2)n1. The summed E-state index contributed by atoms with van der Waals surface area (Å²) in [5.74, 6) is 0.392. The number of fused-ring (bicyclic) bond motifs is 1. The highest BCUT2D eigenvalue weighted by atomic mass is 32.1. The van der Waals surface area contributed by atoms with Crippen LogP contribution in [0.3, 0.4) is 0 Å². The van der Waals surface area contributed by atoms with Crippen molar-refractivity contribution in [2.75, 3.05) is 10.6 Å². The van der Waals surface area contributed by atoms with Gasteiger partial charge in [0.15, 0.2) is 11.5 Å². The van der Waals surface area contributed by atoms with Crippen molar-refractivity contribution in [2.45, 2.75) is 25.8 Å². The Kier molecular flexibility index (Phi) is 5.07. The van der Waals surface area contributed by atoms with E-state index in [4.69, 9.17) is 0 Å². The van der Waals surface area contributed by atoms with Crippen LogP contribution >= 0.6 is 11.3 Å². The van der Waals surface area contributed by atoms with Crippen molar-refractivity contribution < 1.29 is 4.79 Å². The molecule has 0 atom stereocenters. The number of carbonyl (C=O) groups excluding carboxylic acids is 1. The monoisotopic (exact) mass is 466 g/mol. The van der Waals surface area contributed by atoms with E-state index in [1.807, 2.05) is 73.1 Å². The van der Waals surface area contributed by atoms with Gasteiger partial charge >= 0.3 is 0 Å². The van der Waals surface area contributed by atoms with Crippen LogP contribution in [0.25, 0.3) is 27.3 Å². The number of carbonyl (C=O) groups is 1. The van der Waals surface area contributed by atoms with Crippen molar-refractivity contribution in [3.63, 3.8) is 0 Å². The zero-order valence-electron chi connectivity index (χ0n) is 18.5. The number of benzene rings is 2. The van der Waals surface area contributed by atoms with Crippen LogP contribution in [0.4, 0.5) is 11.4 Å². The smallest absolute Gasteiger partial charge is 0.276 e. The van der Waals surface area contributed by atoms with E-state index < -0.39 is 0 Å². The molecule has 5 aromatic rings. The molecule has 3 aromatic heterocycles. The number of anilines is 2. The van der Waals surface area contributed by atoms with Gasteiger partial charge in [0.05, 0.1) is 21.4 Å². The maximum Gasteiger partial charge on any atom is 0.276 e. The maximum absolute atomic E-state index is 13.1. The second kappa shape index (κ2) is 8.39. The average molecular weight is 467 g/mol. The van der Waals surface area contributed by atoms with E-state index in [1.54, 1.807) is 16.0 Å². The zero-order chi connectivity index (χ0) is 23.1. The number of nitrogens with zero attached hydrogens (tertiary/aromatic N) is 4. The van der Waals surface area contributed by atoms with E-state index in [9.17, 15) is 4.79 Å². The Labute approximate surface area is 200 Å². The molecule has 0 radical (unpaired) electrons. The molecule has 7 nitrogen and oxygen atoms in total. The van der Waals surface area contributed by atoms with Crippen molar-refractivity contribution in [1.29, 1.82) is 0 Å². The van der Waals surface area contributed by atoms with Gasteiger partial charge in [0.1, 0.15) is 0 Å². The Morgan fingerprint density at radius 1 is 1.03 bits per heavy atom. The Hall–Kier alpha value is -4.04. The summed E-state index contributed by atoms with van der Waals surface area (Å²) in [5, 5.41) is 11.1. The standard InChI is InChI=1S/C26H22N6OS/c1-16-3-2-4-25(28-16)32-23(17-5-12-21-24(13-17)34-15-27-21)14-22(31-32)26(33)30-20-10-8-19(9-11-20)29-18-6-7-18/h2-5,8-15,18,29H,6-7H2,1H3,(H,30,33). The van der Waals surface area contributed by atoms with Gasteiger partial charge in [-0.1, -0.05) is 12.1 Å². The zero-order valence-corrected chi connectivity index (χ0v) is 19.3. The maximum atomic E-state index is 13.1. The molecule has 1 aliphatic carbocycles. The second-order valence-electron chi connectivity index (χ2n) is 8.45. The number of hydrogen-bond acceptors (Lipinski definition) is 6. The number of hydrogen-bond donors (Lipinski definition) is 2. The lowest BCUT2D eigenvalue weighted by Crippen LogP contribution is -2.13. The molecule has 1 aliphatic rings. The van der Waals surface area contributed by atoms with E-state index >= 15 is 0 Å². The number of amides is 1. The first kappa shape index (κ1) is 20.6. The highest BCUT2D eigenvalue weighted by Crippen LogP contribution is 2.29. The lowest BCUT2D eigenvalue weighted by Gasteiger charge is -2.07. The molecule has 0 unspecified atom stereocenters. The van der Waals surface area contributed by atoms with Crippen LogP contribution in [0.15, 0.2) is 72.2 Å². The van der Waals surface area contributed by atoms with Crippen LogP contribution in [0.2, 0.25) is 0 Å². The molecule has 1 amide bonds. The third kappa shape index (κ3) is 4.15. The molecule has 1 fully saturated rings. The minimum absolute atomic E-state index is 0.269. The van der Waals surface area contributed by atoms with E-state index in [1.165, 1.54) is 12.8 Å². The lowest BCUT2D eigenvalue weighted by molar-refractivity contribution is 0.102. The van der Waals surface area contributed by atoms with Crippen molar-refractivity contribution in [2.24, 2.45) is 0 Å². The summed E-state index contributed by atoms with van der Waals surface area (Å²) in [7, 11) is 0. The molecule has 0 saturated heterocycles. The fourth-order valence-electron chi connectivity index (χ4n) is 3.84. The molecule has 2 N–H and O–H groups in total. The van der Waals surface area contributed by atoms with Gasteiger partial charge in [-0.2, -0.15) is 5.10 Å². The molecule has 0 bridgehead atoms. The number of aromatic nitrogens is 4. The lowest BCUT2D eigenvalue weighted by atomic mass is 10.1. The van der Waals surface area contributed by atoms with Gasteiger partial charge in [0.2, 0.25) is 0 Å². The summed E-state index contributed by atoms with van der Waals surface area (Å²) in [4.78, 5) is 22.1. The Bertz CT molecular complexity index is 1500. The molecule has 168 valence electrons. The molecule has 0 aliphatic heterocycles. The fraction of sp³-hybridized carbons (Fsp3) is 0.154. The van der Waals surface area contributed by atoms with E-state index in [2.05, 4.69) is 31.8 Å². The molecule has 2 aromatic carbocycles. The van der Waals surface area contributed by atoms with Crippen molar-refractivity contribution in [1.82, 2.24) is 19.7 Å². The Morgan fingerprint density at radius 2 is 1.85 bits per heavy atom. The molecule has 0 spiro atoms. The highest BCUT2D eigenvalue weighted by Gasteiger charge is 2.21. The van der Waals surface area contributed by atoms with Gasteiger partial charge in [-0.25, -0.2) is 14.6 Å². The topological polar surface area (TPSA) is 84.7 Å². The van der Waals surface area contributed by atoms with Gasteiger partial charge < -0.3 is 10.6 Å². The molecule has 34 heavy (non-hydrogen) atoms. The van der Waals surface area contributed by atoms with Gasteiger partial charge in [0.25, 0.3) is 5.91 Å². The number of nitrogens with one attached hydrogen (secondary N) is 2. The van der Waals surface area contributed by atoms with Crippen LogP contribution < -0.4 is 10.6 Å². The van der Waals surface area contributed by atoms with Crippen LogP contribution in [-0.2, 0) is 0 Å². The highest BCUT2D eigenvalue weighted by molar-refractivity contribution is 7.16. The van der Waals surface area contributed by atoms with Crippen molar-refractivity contribution in [3.05, 3.63) is 83.6 Å². The average Bonchev–Trinajstić information content (AvgIpc) is 3.35. The van der Waals surface area contributed by atoms with E-state index in [0.29, 0.717) is 17.6 Å². The summed E-state index contributed by atoms with van der Waals surface area (Å²) in [5.41, 5.74) is 7.51. The minimum Gasteiger partial charge on any atom is -0.382 e. The van der Waals surface area contributed by atoms with Gasteiger partial charge in [-0.15, -0.1) is 11.3 Å². The number of pyridine rings is 1. The summed E-state index contributed by atoms with van der Waals surface area (Å²) in [6, 6.07) is 22.0. The van der Waals surface area contributed by atoms with Gasteiger partial charge in [-0.05, 0) is 74.4 Å². The summed E-state index contributed by atoms with van der Waals surface area (Å²) < 4.78 is 2.81.